The normalized spacial score (nSPS) is 46.1. The van der Waals surface area contributed by atoms with E-state index < -0.39 is 5.60 Å². The van der Waals surface area contributed by atoms with Gasteiger partial charge in [-0.3, -0.25) is 0 Å². The molecule has 2 heterocycles. The van der Waals surface area contributed by atoms with Gasteiger partial charge in [0.2, 0.25) is 0 Å². The Balaban J connectivity index is 1.17. The molecule has 2 amide bonds. The van der Waals surface area contributed by atoms with Gasteiger partial charge in [0.25, 0.3) is 0 Å². The fraction of sp³-hybridized carbons (Fsp3) is 0.793. The van der Waals surface area contributed by atoms with Crippen molar-refractivity contribution in [3.63, 3.8) is 0 Å². The molecule has 7 nitrogen and oxygen atoms in total. The Morgan fingerprint density at radius 2 is 1.92 bits per heavy atom. The van der Waals surface area contributed by atoms with E-state index in [1.807, 2.05) is 11.0 Å². The van der Waals surface area contributed by atoms with Gasteiger partial charge in [0.1, 0.15) is 0 Å². The van der Waals surface area contributed by atoms with Crippen LogP contribution in [0.3, 0.4) is 0 Å². The Labute approximate surface area is 214 Å². The number of nitrogens with zero attached hydrogens (tertiary/aromatic N) is 1. The van der Waals surface area contributed by atoms with Gasteiger partial charge < -0.3 is 25.5 Å². The number of likely N-dealkylation sites (tertiary alicyclic amines) is 1. The second-order valence-electron chi connectivity index (χ2n) is 13.3. The molecule has 7 heteroatoms. The average Bonchev–Trinajstić information content (AvgIpc) is 3.41. The van der Waals surface area contributed by atoms with Crippen molar-refractivity contribution in [2.45, 2.75) is 102 Å². The summed E-state index contributed by atoms with van der Waals surface area (Å²) >= 11 is 0. The third kappa shape index (κ3) is 3.59. The zero-order valence-electron chi connectivity index (χ0n) is 21.9. The van der Waals surface area contributed by atoms with Gasteiger partial charge in [-0.25, -0.2) is 9.59 Å². The van der Waals surface area contributed by atoms with Crippen LogP contribution in [0.4, 0.5) is 4.79 Å². The number of fused-ring (bicyclic) bond motifs is 5. The highest BCUT2D eigenvalue weighted by Crippen LogP contribution is 2.70. The van der Waals surface area contributed by atoms with Crippen molar-refractivity contribution in [1.29, 1.82) is 0 Å². The van der Waals surface area contributed by atoms with Gasteiger partial charge in [0.05, 0.1) is 11.9 Å². The van der Waals surface area contributed by atoms with E-state index in [-0.39, 0.29) is 40.5 Å². The number of carbonyl (C=O) groups is 1. The Hall–Kier alpha value is -1.86. The monoisotopic (exact) mass is 497 g/mol. The zero-order chi connectivity index (χ0) is 25.3. The Morgan fingerprint density at radius 1 is 1.08 bits per heavy atom. The molecule has 0 radical (unpaired) electrons. The molecular formula is C29H43N3O4. The molecule has 36 heavy (non-hydrogen) atoms. The number of nitrogens with two attached hydrogens (primary N) is 1. The predicted molar refractivity (Wildman–Crippen MR) is 137 cm³/mol. The lowest BCUT2D eigenvalue weighted by atomic mass is 9.43. The summed E-state index contributed by atoms with van der Waals surface area (Å²) in [5.74, 6) is 1.65. The maximum atomic E-state index is 12.8. The molecule has 1 unspecified atom stereocenters. The van der Waals surface area contributed by atoms with E-state index in [9.17, 15) is 14.7 Å². The zero-order valence-corrected chi connectivity index (χ0v) is 21.9. The highest BCUT2D eigenvalue weighted by molar-refractivity contribution is 5.75. The summed E-state index contributed by atoms with van der Waals surface area (Å²) in [5, 5.41) is 15.7. The van der Waals surface area contributed by atoms with Gasteiger partial charge in [-0.2, -0.15) is 0 Å². The van der Waals surface area contributed by atoms with Gasteiger partial charge in [0.15, 0.2) is 0 Å². The Morgan fingerprint density at radius 3 is 2.64 bits per heavy atom. The van der Waals surface area contributed by atoms with Crippen LogP contribution in [0.5, 0.6) is 0 Å². The van der Waals surface area contributed by atoms with Crippen molar-refractivity contribution in [3.8, 4) is 0 Å². The minimum absolute atomic E-state index is 0.0572. The SMILES string of the molecule is C[C@]12CC[C@H](NC(=O)N3CCC(N)C3)C[C@H]1CC[C@@H]1[C@@H]2CC[C@]2(C)[C@@H](c3ccc(=O)oc3)CC[C@]12O. The maximum absolute atomic E-state index is 12.8. The van der Waals surface area contributed by atoms with Crippen LogP contribution < -0.4 is 16.7 Å². The van der Waals surface area contributed by atoms with Gasteiger partial charge in [0, 0.05) is 36.7 Å². The largest absolute Gasteiger partial charge is 0.431 e. The molecular weight excluding hydrogens is 454 g/mol. The van der Waals surface area contributed by atoms with Crippen molar-refractivity contribution >= 4 is 6.03 Å². The lowest BCUT2D eigenvalue weighted by molar-refractivity contribution is -0.201. The summed E-state index contributed by atoms with van der Waals surface area (Å²) in [4.78, 5) is 26.2. The molecule has 4 aliphatic carbocycles. The molecule has 4 N–H and O–H groups in total. The number of aliphatic hydroxyl groups is 1. The van der Waals surface area contributed by atoms with Crippen LogP contribution in [-0.4, -0.2) is 46.8 Å². The smallest absolute Gasteiger partial charge is 0.335 e. The van der Waals surface area contributed by atoms with E-state index in [0.29, 0.717) is 24.3 Å². The first-order chi connectivity index (χ1) is 17.1. The van der Waals surface area contributed by atoms with Crippen molar-refractivity contribution in [2.75, 3.05) is 13.1 Å². The molecule has 6 rings (SSSR count). The molecule has 4 saturated carbocycles. The quantitative estimate of drug-likeness (QED) is 0.572. The lowest BCUT2D eigenvalue weighted by Gasteiger charge is -2.63. The highest BCUT2D eigenvalue weighted by Gasteiger charge is 2.67. The number of nitrogens with one attached hydrogen (secondary N) is 1. The van der Waals surface area contributed by atoms with Crippen molar-refractivity contribution < 1.29 is 14.3 Å². The van der Waals surface area contributed by atoms with Crippen LogP contribution in [0.2, 0.25) is 0 Å². The third-order valence-electron chi connectivity index (χ3n) is 11.8. The maximum Gasteiger partial charge on any atom is 0.335 e. The van der Waals surface area contributed by atoms with Crippen LogP contribution in [0.1, 0.15) is 89.5 Å². The van der Waals surface area contributed by atoms with Crippen molar-refractivity contribution in [3.05, 3.63) is 34.4 Å². The molecule has 0 spiro atoms. The molecule has 5 aliphatic rings. The van der Waals surface area contributed by atoms with E-state index in [0.717, 1.165) is 76.3 Å². The fourth-order valence-electron chi connectivity index (χ4n) is 9.70. The summed E-state index contributed by atoms with van der Waals surface area (Å²) in [6.45, 7) is 6.20. The summed E-state index contributed by atoms with van der Waals surface area (Å²) in [7, 11) is 0. The molecule has 0 aromatic carbocycles. The molecule has 1 aliphatic heterocycles. The molecule has 1 saturated heterocycles. The van der Waals surface area contributed by atoms with E-state index in [1.54, 1.807) is 6.26 Å². The van der Waals surface area contributed by atoms with Gasteiger partial charge in [-0.1, -0.05) is 13.8 Å². The summed E-state index contributed by atoms with van der Waals surface area (Å²) < 4.78 is 5.22. The molecule has 1 aromatic rings. The van der Waals surface area contributed by atoms with Crippen LogP contribution in [0, 0.1) is 28.6 Å². The molecule has 198 valence electrons. The first-order valence-corrected chi connectivity index (χ1v) is 14.3. The van der Waals surface area contributed by atoms with E-state index >= 15 is 0 Å². The van der Waals surface area contributed by atoms with Crippen LogP contribution >= 0.6 is 0 Å². The van der Waals surface area contributed by atoms with Crippen LogP contribution in [-0.2, 0) is 0 Å². The van der Waals surface area contributed by atoms with Gasteiger partial charge in [-0.15, -0.1) is 0 Å². The number of rotatable bonds is 2. The van der Waals surface area contributed by atoms with E-state index in [1.165, 1.54) is 6.07 Å². The highest BCUT2D eigenvalue weighted by atomic mass is 16.4. The van der Waals surface area contributed by atoms with Crippen molar-refractivity contribution in [1.82, 2.24) is 10.2 Å². The number of urea groups is 1. The third-order valence-corrected chi connectivity index (χ3v) is 11.8. The van der Waals surface area contributed by atoms with Crippen molar-refractivity contribution in [2.24, 2.45) is 34.3 Å². The van der Waals surface area contributed by atoms with Crippen LogP contribution in [0.15, 0.2) is 27.6 Å². The molecule has 1 aromatic heterocycles. The second-order valence-corrected chi connectivity index (χ2v) is 13.3. The first kappa shape index (κ1) is 24.5. The second kappa shape index (κ2) is 8.59. The standard InChI is InChI=1S/C29H43N3O4/c1-27-11-7-21(31-26(34)32-14-10-20(30)16-32)15-19(27)4-5-24-23(27)8-12-28(2)22(9-13-29(24,28)35)18-3-6-25(33)36-17-18/h3,6,17,19-24,35H,4-5,7-16,30H2,1-2H3,(H,31,34)/t19-,20?,21+,22-,23+,24-,27+,28-,29+/m1/s1. The summed E-state index contributed by atoms with van der Waals surface area (Å²) in [6.07, 6.45) is 11.8. The Bertz CT molecular complexity index is 1050. The number of hydrogen-bond donors (Lipinski definition) is 3. The Kier molecular flexibility index (Phi) is 5.84. The fourth-order valence-corrected chi connectivity index (χ4v) is 9.70. The first-order valence-electron chi connectivity index (χ1n) is 14.3. The summed E-state index contributed by atoms with van der Waals surface area (Å²) in [6, 6.07) is 3.83. The van der Waals surface area contributed by atoms with Gasteiger partial charge in [-0.05, 0) is 105 Å². The average molecular weight is 498 g/mol. The summed E-state index contributed by atoms with van der Waals surface area (Å²) in [5.41, 5.74) is 6.09. The molecule has 0 bridgehead atoms. The topological polar surface area (TPSA) is 109 Å². The minimum atomic E-state index is -0.676. The number of hydrogen-bond acceptors (Lipinski definition) is 5. The molecule has 5 fully saturated rings. The van der Waals surface area contributed by atoms with E-state index in [2.05, 4.69) is 19.2 Å². The number of carbonyl (C=O) groups excluding carboxylic acids is 1. The van der Waals surface area contributed by atoms with Crippen LogP contribution in [0.25, 0.3) is 0 Å². The minimum Gasteiger partial charge on any atom is -0.431 e. The predicted octanol–water partition coefficient (Wildman–Crippen LogP) is 3.99. The molecule has 9 atom stereocenters. The van der Waals surface area contributed by atoms with E-state index in [4.69, 9.17) is 10.2 Å². The van der Waals surface area contributed by atoms with Gasteiger partial charge >= 0.3 is 11.7 Å². The lowest BCUT2D eigenvalue weighted by Crippen LogP contribution is -2.62. The number of amides is 2.